The lowest BCUT2D eigenvalue weighted by Gasteiger charge is -2.19. The van der Waals surface area contributed by atoms with E-state index in [9.17, 15) is 14.4 Å². The number of anilines is 1. The van der Waals surface area contributed by atoms with Gasteiger partial charge in [-0.3, -0.25) is 19.3 Å². The second-order valence-electron chi connectivity index (χ2n) is 8.11. The van der Waals surface area contributed by atoms with E-state index in [4.69, 9.17) is 0 Å². The molecular weight excluding hydrogens is 328 g/mol. The number of carbonyl (C=O) groups excluding carboxylic acids is 3. The first kappa shape index (κ1) is 18.4. The number of imide groups is 1. The van der Waals surface area contributed by atoms with E-state index < -0.39 is 0 Å². The van der Waals surface area contributed by atoms with Gasteiger partial charge < -0.3 is 5.32 Å². The SMILES string of the molecule is CC(C)(C)c1ccc(NC(=O)CCN2C(=O)C3CC=CCC3C2=O)cc1. The van der Waals surface area contributed by atoms with E-state index in [1.54, 1.807) is 0 Å². The normalized spacial score (nSPS) is 22.5. The molecule has 1 aromatic carbocycles. The molecule has 3 rings (SSSR count). The van der Waals surface area contributed by atoms with E-state index in [1.807, 2.05) is 36.4 Å². The second-order valence-corrected chi connectivity index (χ2v) is 8.11. The van der Waals surface area contributed by atoms with E-state index in [-0.39, 0.29) is 47.9 Å². The Morgan fingerprint density at radius 1 is 1.04 bits per heavy atom. The molecule has 2 atom stereocenters. The molecule has 1 aliphatic heterocycles. The number of hydrogen-bond donors (Lipinski definition) is 1. The van der Waals surface area contributed by atoms with Crippen LogP contribution in [0.15, 0.2) is 36.4 Å². The molecule has 1 heterocycles. The second kappa shape index (κ2) is 7.06. The molecule has 1 N–H and O–H groups in total. The first-order valence-corrected chi connectivity index (χ1v) is 9.18. The van der Waals surface area contributed by atoms with Gasteiger partial charge in [-0.05, 0) is 36.0 Å². The number of rotatable bonds is 4. The fourth-order valence-corrected chi connectivity index (χ4v) is 3.58. The monoisotopic (exact) mass is 354 g/mol. The third kappa shape index (κ3) is 3.71. The lowest BCUT2D eigenvalue weighted by atomic mass is 9.85. The van der Waals surface area contributed by atoms with Crippen molar-refractivity contribution in [2.24, 2.45) is 11.8 Å². The third-order valence-electron chi connectivity index (χ3n) is 5.20. The van der Waals surface area contributed by atoms with Crippen LogP contribution in [0.1, 0.15) is 45.6 Å². The zero-order valence-corrected chi connectivity index (χ0v) is 15.6. The Labute approximate surface area is 154 Å². The molecule has 0 saturated carbocycles. The van der Waals surface area contributed by atoms with Gasteiger partial charge in [0.25, 0.3) is 0 Å². The van der Waals surface area contributed by atoms with Crippen LogP contribution in [0.5, 0.6) is 0 Å². The molecule has 0 spiro atoms. The molecule has 1 saturated heterocycles. The number of amides is 3. The highest BCUT2D eigenvalue weighted by molar-refractivity contribution is 6.05. The average molecular weight is 354 g/mol. The molecule has 2 unspecified atom stereocenters. The highest BCUT2D eigenvalue weighted by Crippen LogP contribution is 2.35. The van der Waals surface area contributed by atoms with Gasteiger partial charge in [-0.25, -0.2) is 0 Å². The van der Waals surface area contributed by atoms with Crippen LogP contribution >= 0.6 is 0 Å². The summed E-state index contributed by atoms with van der Waals surface area (Å²) in [7, 11) is 0. The molecule has 1 fully saturated rings. The molecule has 138 valence electrons. The molecule has 1 aliphatic carbocycles. The van der Waals surface area contributed by atoms with Crippen molar-refractivity contribution in [1.29, 1.82) is 0 Å². The summed E-state index contributed by atoms with van der Waals surface area (Å²) < 4.78 is 0. The summed E-state index contributed by atoms with van der Waals surface area (Å²) in [5, 5.41) is 2.84. The summed E-state index contributed by atoms with van der Waals surface area (Å²) in [6.07, 6.45) is 5.29. The number of carbonyl (C=O) groups is 3. The predicted molar refractivity (Wildman–Crippen MR) is 100 cm³/mol. The van der Waals surface area contributed by atoms with Crippen LogP contribution in [0, 0.1) is 11.8 Å². The Balaban J connectivity index is 1.54. The van der Waals surface area contributed by atoms with Gasteiger partial charge >= 0.3 is 0 Å². The van der Waals surface area contributed by atoms with Gasteiger partial charge in [0, 0.05) is 18.7 Å². The van der Waals surface area contributed by atoms with Gasteiger partial charge in [0.05, 0.1) is 11.8 Å². The van der Waals surface area contributed by atoms with E-state index in [2.05, 4.69) is 26.1 Å². The predicted octanol–water partition coefficient (Wildman–Crippen LogP) is 3.26. The van der Waals surface area contributed by atoms with Crippen molar-refractivity contribution in [1.82, 2.24) is 4.90 Å². The van der Waals surface area contributed by atoms with Crippen molar-refractivity contribution in [3.63, 3.8) is 0 Å². The fraction of sp³-hybridized carbons (Fsp3) is 0.476. The van der Waals surface area contributed by atoms with Crippen molar-refractivity contribution in [3.8, 4) is 0 Å². The van der Waals surface area contributed by atoms with Crippen LogP contribution in [-0.4, -0.2) is 29.2 Å². The lowest BCUT2D eigenvalue weighted by Crippen LogP contribution is -2.34. The Bertz CT molecular complexity index is 718. The van der Waals surface area contributed by atoms with Crippen LogP contribution in [0.2, 0.25) is 0 Å². The third-order valence-corrected chi connectivity index (χ3v) is 5.20. The Hall–Kier alpha value is -2.43. The summed E-state index contributed by atoms with van der Waals surface area (Å²) in [5.74, 6) is -0.929. The van der Waals surface area contributed by atoms with Crippen LogP contribution in [0.25, 0.3) is 0 Å². The maximum absolute atomic E-state index is 12.4. The molecule has 5 heteroatoms. The lowest BCUT2D eigenvalue weighted by molar-refractivity contribution is -0.140. The summed E-state index contributed by atoms with van der Waals surface area (Å²) in [6.45, 7) is 6.56. The number of benzene rings is 1. The smallest absolute Gasteiger partial charge is 0.233 e. The van der Waals surface area contributed by atoms with Crippen LogP contribution < -0.4 is 5.32 Å². The van der Waals surface area contributed by atoms with Crippen LogP contribution in [0.3, 0.4) is 0 Å². The minimum absolute atomic E-state index is 0.0602. The minimum atomic E-state index is -0.236. The maximum atomic E-state index is 12.4. The van der Waals surface area contributed by atoms with Gasteiger partial charge in [-0.15, -0.1) is 0 Å². The molecule has 1 aromatic rings. The highest BCUT2D eigenvalue weighted by Gasteiger charge is 2.46. The van der Waals surface area contributed by atoms with Crippen molar-refractivity contribution >= 4 is 23.4 Å². The average Bonchev–Trinajstić information content (AvgIpc) is 2.84. The number of hydrogen-bond acceptors (Lipinski definition) is 3. The summed E-state index contributed by atoms with van der Waals surface area (Å²) in [6, 6.07) is 7.76. The number of nitrogens with zero attached hydrogens (tertiary/aromatic N) is 1. The topological polar surface area (TPSA) is 66.5 Å². The van der Waals surface area contributed by atoms with Gasteiger partial charge in [0.1, 0.15) is 0 Å². The van der Waals surface area contributed by atoms with Gasteiger partial charge in [0.15, 0.2) is 0 Å². The zero-order chi connectivity index (χ0) is 18.9. The van der Waals surface area contributed by atoms with Gasteiger partial charge in [-0.1, -0.05) is 45.1 Å². The molecule has 3 amide bonds. The molecule has 0 aromatic heterocycles. The van der Waals surface area contributed by atoms with E-state index >= 15 is 0 Å². The van der Waals surface area contributed by atoms with Gasteiger partial charge in [0.2, 0.25) is 17.7 Å². The molecule has 5 nitrogen and oxygen atoms in total. The highest BCUT2D eigenvalue weighted by atomic mass is 16.2. The Morgan fingerprint density at radius 2 is 1.58 bits per heavy atom. The van der Waals surface area contributed by atoms with E-state index in [0.717, 1.165) is 5.69 Å². The van der Waals surface area contributed by atoms with Crippen molar-refractivity contribution < 1.29 is 14.4 Å². The van der Waals surface area contributed by atoms with Crippen molar-refractivity contribution in [2.75, 3.05) is 11.9 Å². The largest absolute Gasteiger partial charge is 0.326 e. The first-order valence-electron chi connectivity index (χ1n) is 9.18. The molecule has 0 bridgehead atoms. The number of nitrogens with one attached hydrogen (secondary N) is 1. The molecule has 2 aliphatic rings. The van der Waals surface area contributed by atoms with Gasteiger partial charge in [-0.2, -0.15) is 0 Å². The van der Waals surface area contributed by atoms with Crippen molar-refractivity contribution in [3.05, 3.63) is 42.0 Å². The summed E-state index contributed by atoms with van der Waals surface area (Å²) >= 11 is 0. The number of allylic oxidation sites excluding steroid dienone is 2. The molecular formula is C21H26N2O3. The number of likely N-dealkylation sites (tertiary alicyclic amines) is 1. The minimum Gasteiger partial charge on any atom is -0.326 e. The van der Waals surface area contributed by atoms with Crippen LogP contribution in [-0.2, 0) is 19.8 Å². The van der Waals surface area contributed by atoms with E-state index in [1.165, 1.54) is 10.5 Å². The Kier molecular flexibility index (Phi) is 4.99. The molecule has 26 heavy (non-hydrogen) atoms. The van der Waals surface area contributed by atoms with Crippen LogP contribution in [0.4, 0.5) is 5.69 Å². The Morgan fingerprint density at radius 3 is 2.08 bits per heavy atom. The molecule has 0 radical (unpaired) electrons. The van der Waals surface area contributed by atoms with Crippen molar-refractivity contribution in [2.45, 2.75) is 45.4 Å². The first-order chi connectivity index (χ1) is 12.3. The standard InChI is InChI=1S/C21H26N2O3/c1-21(2,3)14-8-10-15(11-9-14)22-18(24)12-13-23-19(25)16-6-4-5-7-17(16)20(23)26/h4-5,8-11,16-17H,6-7,12-13H2,1-3H3,(H,22,24). The summed E-state index contributed by atoms with van der Waals surface area (Å²) in [5.41, 5.74) is 1.98. The fourth-order valence-electron chi connectivity index (χ4n) is 3.58. The zero-order valence-electron chi connectivity index (χ0n) is 15.6. The quantitative estimate of drug-likeness (QED) is 0.667. The maximum Gasteiger partial charge on any atom is 0.233 e. The number of fused-ring (bicyclic) bond motifs is 1. The summed E-state index contributed by atoms with van der Waals surface area (Å²) in [4.78, 5) is 38.3. The van der Waals surface area contributed by atoms with E-state index in [0.29, 0.717) is 12.8 Å².